The molecule has 1 aliphatic heterocycles. The Balaban J connectivity index is 1.79. The van der Waals surface area contributed by atoms with Crippen molar-refractivity contribution in [3.8, 4) is 5.75 Å². The standard InChI is InChI=1S/C26H36ClN3O3S/c1-7-18(3)30(25(32)28-26(4,5)6)15-24(31)29-12-10-23-20(11-13-34-23)22(29)16-33-19-8-9-21(27)17(2)14-19/h8-9,11,13-14,18,22H,7,10,12,15-16H2,1-6H3,(H,28,32)/t18-,22+/m1/s1. The molecule has 1 N–H and O–H groups in total. The van der Waals surface area contributed by atoms with E-state index in [2.05, 4.69) is 16.8 Å². The molecule has 34 heavy (non-hydrogen) atoms. The first-order valence-corrected chi connectivity index (χ1v) is 13.1. The van der Waals surface area contributed by atoms with Gasteiger partial charge in [-0.2, -0.15) is 0 Å². The summed E-state index contributed by atoms with van der Waals surface area (Å²) in [5.41, 5.74) is 1.70. The van der Waals surface area contributed by atoms with Crippen LogP contribution in [0.3, 0.4) is 0 Å². The van der Waals surface area contributed by atoms with Crippen LogP contribution < -0.4 is 10.1 Å². The molecule has 0 fully saturated rings. The van der Waals surface area contributed by atoms with E-state index in [0.717, 1.165) is 29.7 Å². The largest absolute Gasteiger partial charge is 0.491 e. The van der Waals surface area contributed by atoms with Crippen LogP contribution in [0.4, 0.5) is 4.79 Å². The van der Waals surface area contributed by atoms with E-state index < -0.39 is 0 Å². The van der Waals surface area contributed by atoms with Gasteiger partial charge >= 0.3 is 6.03 Å². The molecule has 0 radical (unpaired) electrons. The summed E-state index contributed by atoms with van der Waals surface area (Å²) in [7, 11) is 0. The molecule has 0 saturated carbocycles. The van der Waals surface area contributed by atoms with E-state index in [0.29, 0.717) is 18.2 Å². The first kappa shape index (κ1) is 26.4. The zero-order chi connectivity index (χ0) is 25.0. The van der Waals surface area contributed by atoms with Crippen LogP contribution in [-0.2, 0) is 11.2 Å². The molecule has 186 valence electrons. The summed E-state index contributed by atoms with van der Waals surface area (Å²) in [5.74, 6) is 0.657. The van der Waals surface area contributed by atoms with Crippen LogP contribution in [0.1, 0.15) is 63.1 Å². The van der Waals surface area contributed by atoms with Crippen molar-refractivity contribution in [3.63, 3.8) is 0 Å². The van der Waals surface area contributed by atoms with Gasteiger partial charge in [-0.1, -0.05) is 18.5 Å². The van der Waals surface area contributed by atoms with Gasteiger partial charge < -0.3 is 19.9 Å². The second kappa shape index (κ2) is 11.0. The van der Waals surface area contributed by atoms with Crippen LogP contribution in [0, 0.1) is 6.92 Å². The molecule has 1 aromatic carbocycles. The van der Waals surface area contributed by atoms with E-state index in [1.807, 2.05) is 64.6 Å². The highest BCUT2D eigenvalue weighted by atomic mass is 35.5. The Kier molecular flexibility index (Phi) is 8.52. The first-order valence-electron chi connectivity index (χ1n) is 11.8. The van der Waals surface area contributed by atoms with E-state index in [4.69, 9.17) is 16.3 Å². The number of thiophene rings is 1. The highest BCUT2D eigenvalue weighted by molar-refractivity contribution is 7.10. The monoisotopic (exact) mass is 505 g/mol. The predicted octanol–water partition coefficient (Wildman–Crippen LogP) is 5.82. The number of hydrogen-bond acceptors (Lipinski definition) is 4. The van der Waals surface area contributed by atoms with Crippen molar-refractivity contribution < 1.29 is 14.3 Å². The number of carbonyl (C=O) groups excluding carboxylic acids is 2. The van der Waals surface area contributed by atoms with Crippen LogP contribution in [0.5, 0.6) is 5.75 Å². The SMILES string of the molecule is CC[C@@H](C)N(CC(=O)N1CCc2sccc2[C@@H]1COc1ccc(Cl)c(C)c1)C(=O)NC(C)(C)C. The molecule has 3 amide bonds. The average Bonchev–Trinajstić information content (AvgIpc) is 3.25. The fourth-order valence-corrected chi connectivity index (χ4v) is 5.08. The average molecular weight is 506 g/mol. The number of fused-ring (bicyclic) bond motifs is 1. The van der Waals surface area contributed by atoms with Crippen molar-refractivity contribution in [2.45, 2.75) is 72.0 Å². The van der Waals surface area contributed by atoms with Gasteiger partial charge in [-0.05, 0) is 88.2 Å². The lowest BCUT2D eigenvalue weighted by Gasteiger charge is -2.38. The highest BCUT2D eigenvalue weighted by Gasteiger charge is 2.34. The number of rotatable bonds is 7. The van der Waals surface area contributed by atoms with Crippen molar-refractivity contribution in [2.24, 2.45) is 0 Å². The van der Waals surface area contributed by atoms with E-state index in [-0.39, 0.29) is 36.1 Å². The zero-order valence-corrected chi connectivity index (χ0v) is 22.6. The number of aryl methyl sites for hydroxylation is 1. The summed E-state index contributed by atoms with van der Waals surface area (Å²) < 4.78 is 6.13. The van der Waals surface area contributed by atoms with Gasteiger partial charge in [0.05, 0.1) is 6.04 Å². The summed E-state index contributed by atoms with van der Waals surface area (Å²) in [6.45, 7) is 12.7. The summed E-state index contributed by atoms with van der Waals surface area (Å²) in [5, 5.41) is 5.77. The van der Waals surface area contributed by atoms with E-state index in [1.54, 1.807) is 16.2 Å². The third kappa shape index (κ3) is 6.45. The molecule has 6 nitrogen and oxygen atoms in total. The molecule has 0 aliphatic carbocycles. The number of nitrogens with one attached hydrogen (secondary N) is 1. The molecule has 2 atom stereocenters. The number of carbonyl (C=O) groups is 2. The third-order valence-corrected chi connectivity index (χ3v) is 7.54. The maximum atomic E-state index is 13.6. The number of ether oxygens (including phenoxy) is 1. The summed E-state index contributed by atoms with van der Waals surface area (Å²) in [4.78, 5) is 31.4. The summed E-state index contributed by atoms with van der Waals surface area (Å²) in [6, 6.07) is 7.19. The summed E-state index contributed by atoms with van der Waals surface area (Å²) >= 11 is 7.87. The molecular formula is C26H36ClN3O3S. The number of halogens is 1. The Morgan fingerprint density at radius 2 is 2.06 bits per heavy atom. The maximum Gasteiger partial charge on any atom is 0.318 e. The van der Waals surface area contributed by atoms with Gasteiger partial charge in [-0.25, -0.2) is 4.79 Å². The molecule has 1 aliphatic rings. The van der Waals surface area contributed by atoms with E-state index in [9.17, 15) is 9.59 Å². The molecule has 8 heteroatoms. The predicted molar refractivity (Wildman–Crippen MR) is 139 cm³/mol. The maximum absolute atomic E-state index is 13.6. The van der Waals surface area contributed by atoms with Crippen LogP contribution >= 0.6 is 22.9 Å². The second-order valence-electron chi connectivity index (χ2n) is 9.94. The Morgan fingerprint density at radius 3 is 2.71 bits per heavy atom. The quantitative estimate of drug-likeness (QED) is 0.515. The number of amides is 3. The Labute approximate surface area is 212 Å². The second-order valence-corrected chi connectivity index (χ2v) is 11.3. The van der Waals surface area contributed by atoms with Crippen LogP contribution in [0.2, 0.25) is 5.02 Å². The molecule has 0 unspecified atom stereocenters. The van der Waals surface area contributed by atoms with E-state index >= 15 is 0 Å². The molecule has 1 aromatic heterocycles. The van der Waals surface area contributed by atoms with Gasteiger partial charge in [-0.3, -0.25) is 4.79 Å². The van der Waals surface area contributed by atoms with Crippen molar-refractivity contribution in [2.75, 3.05) is 19.7 Å². The van der Waals surface area contributed by atoms with Crippen LogP contribution in [-0.4, -0.2) is 53.0 Å². The Hall–Kier alpha value is -2.25. The van der Waals surface area contributed by atoms with Crippen LogP contribution in [0.25, 0.3) is 0 Å². The number of urea groups is 1. The van der Waals surface area contributed by atoms with Gasteiger partial charge in [0.2, 0.25) is 5.91 Å². The summed E-state index contributed by atoms with van der Waals surface area (Å²) in [6.07, 6.45) is 1.58. The van der Waals surface area contributed by atoms with Gasteiger partial charge in [0.25, 0.3) is 0 Å². The van der Waals surface area contributed by atoms with Crippen molar-refractivity contribution in [1.29, 1.82) is 0 Å². The third-order valence-electron chi connectivity index (χ3n) is 6.12. The van der Waals surface area contributed by atoms with E-state index in [1.165, 1.54) is 4.88 Å². The zero-order valence-electron chi connectivity index (χ0n) is 21.0. The topological polar surface area (TPSA) is 61.9 Å². The molecule has 2 aromatic rings. The lowest BCUT2D eigenvalue weighted by molar-refractivity contribution is -0.136. The first-order chi connectivity index (χ1) is 16.0. The molecule has 0 saturated heterocycles. The van der Waals surface area contributed by atoms with Gasteiger partial charge in [0, 0.05) is 28.0 Å². The minimum Gasteiger partial charge on any atom is -0.491 e. The molecule has 2 heterocycles. The minimum absolute atomic E-state index is 0.0347. The Morgan fingerprint density at radius 1 is 1.32 bits per heavy atom. The van der Waals surface area contributed by atoms with Gasteiger partial charge in [-0.15, -0.1) is 11.3 Å². The smallest absolute Gasteiger partial charge is 0.318 e. The molecule has 0 spiro atoms. The molecule has 3 rings (SSSR count). The van der Waals surface area contributed by atoms with Crippen molar-refractivity contribution in [3.05, 3.63) is 50.7 Å². The van der Waals surface area contributed by atoms with Gasteiger partial charge in [0.1, 0.15) is 18.9 Å². The lowest BCUT2D eigenvalue weighted by Crippen LogP contribution is -2.55. The normalized spacial score (nSPS) is 16.6. The minimum atomic E-state index is -0.379. The van der Waals surface area contributed by atoms with Gasteiger partial charge in [0.15, 0.2) is 0 Å². The number of nitrogens with zero attached hydrogens (tertiary/aromatic N) is 2. The fourth-order valence-electron chi connectivity index (χ4n) is 4.03. The molecular weight excluding hydrogens is 470 g/mol. The lowest BCUT2D eigenvalue weighted by atomic mass is 10.00. The number of benzene rings is 1. The van der Waals surface area contributed by atoms with Crippen molar-refractivity contribution >= 4 is 34.9 Å². The van der Waals surface area contributed by atoms with Crippen LogP contribution in [0.15, 0.2) is 29.6 Å². The fraction of sp³-hybridized carbons (Fsp3) is 0.538. The van der Waals surface area contributed by atoms with Crippen molar-refractivity contribution in [1.82, 2.24) is 15.1 Å². The highest BCUT2D eigenvalue weighted by Crippen LogP contribution is 2.34. The Bertz CT molecular complexity index is 1020. The number of hydrogen-bond donors (Lipinski definition) is 1. The molecule has 0 bridgehead atoms.